The average molecular weight is 767 g/mol. The zero-order valence-electron chi connectivity index (χ0n) is 30.2. The monoisotopic (exact) mass is 766 g/mol. The van der Waals surface area contributed by atoms with Crippen molar-refractivity contribution >= 4 is 40.9 Å². The van der Waals surface area contributed by atoms with Crippen molar-refractivity contribution < 1.29 is 32.3 Å². The van der Waals surface area contributed by atoms with Crippen LogP contribution in [0.1, 0.15) is 33.1 Å². The van der Waals surface area contributed by atoms with Gasteiger partial charge in [-0.05, 0) is 64.7 Å². The molecule has 0 saturated carbocycles. The largest absolute Gasteiger partial charge is 0.467 e. The van der Waals surface area contributed by atoms with E-state index in [0.717, 1.165) is 28.9 Å². The third kappa shape index (κ3) is 10.1. The summed E-state index contributed by atoms with van der Waals surface area (Å²) in [5.74, 6) is -0.0816. The molecule has 1 aliphatic heterocycles. The van der Waals surface area contributed by atoms with Gasteiger partial charge >= 0.3 is 12.1 Å². The summed E-state index contributed by atoms with van der Waals surface area (Å²) in [6.45, 7) is 2.43. The molecule has 0 spiro atoms. The highest BCUT2D eigenvalue weighted by Gasteiger charge is 2.34. The number of esters is 1. The van der Waals surface area contributed by atoms with Gasteiger partial charge in [-0.15, -0.1) is 0 Å². The number of carbonyl (C=O) groups excluding carboxylic acids is 3. The van der Waals surface area contributed by atoms with Gasteiger partial charge < -0.3 is 20.3 Å². The van der Waals surface area contributed by atoms with Crippen LogP contribution in [0.3, 0.4) is 0 Å². The summed E-state index contributed by atoms with van der Waals surface area (Å²) in [7, 11) is 1.32. The summed E-state index contributed by atoms with van der Waals surface area (Å²) in [6, 6.07) is 37.0. The van der Waals surface area contributed by atoms with E-state index in [1.807, 2.05) is 84.9 Å². The number of nitrogens with zero attached hydrogens (tertiary/aromatic N) is 2. The normalized spacial score (nSPS) is 14.4. The Balaban J connectivity index is 1.08. The van der Waals surface area contributed by atoms with Gasteiger partial charge in [-0.1, -0.05) is 91.0 Å². The lowest BCUT2D eigenvalue weighted by atomic mass is 9.98. The summed E-state index contributed by atoms with van der Waals surface area (Å²) in [4.78, 5) is 44.4. The van der Waals surface area contributed by atoms with E-state index in [4.69, 9.17) is 4.74 Å². The average Bonchev–Trinajstić information content (AvgIpc) is 3.21. The summed E-state index contributed by atoms with van der Waals surface area (Å²) >= 11 is 1.55. The Morgan fingerprint density at radius 3 is 2.02 bits per heavy atom. The minimum Gasteiger partial charge on any atom is -0.467 e. The van der Waals surface area contributed by atoms with Crippen LogP contribution >= 0.6 is 11.8 Å². The third-order valence-electron chi connectivity index (χ3n) is 9.43. The number of hydrogen-bond acceptors (Lipinski definition) is 7. The van der Waals surface area contributed by atoms with Crippen molar-refractivity contribution in [3.8, 4) is 11.1 Å². The molecule has 5 aromatic carbocycles. The van der Waals surface area contributed by atoms with Crippen LogP contribution in [0, 0.1) is 0 Å². The first-order chi connectivity index (χ1) is 26.6. The zero-order valence-corrected chi connectivity index (χ0v) is 31.0. The Bertz CT molecular complexity index is 2040. The fraction of sp³-hybridized carbons (Fsp3) is 0.233. The quantitative estimate of drug-likeness (QED) is 0.117. The number of benzene rings is 5. The van der Waals surface area contributed by atoms with Gasteiger partial charge in [0.2, 0.25) is 5.91 Å². The number of hydrogen-bond donors (Lipinski definition) is 2. The number of alkyl halides is 3. The number of rotatable bonds is 13. The van der Waals surface area contributed by atoms with Crippen molar-refractivity contribution in [3.63, 3.8) is 0 Å². The summed E-state index contributed by atoms with van der Waals surface area (Å²) in [5.41, 5.74) is 4.08. The van der Waals surface area contributed by atoms with Crippen molar-refractivity contribution in [3.05, 3.63) is 156 Å². The van der Waals surface area contributed by atoms with E-state index in [-0.39, 0.29) is 11.8 Å². The van der Waals surface area contributed by atoms with E-state index in [0.29, 0.717) is 60.1 Å². The second-order valence-corrected chi connectivity index (χ2v) is 14.1. The maximum absolute atomic E-state index is 14.0. The Morgan fingerprint density at radius 1 is 0.764 bits per heavy atom. The summed E-state index contributed by atoms with van der Waals surface area (Å²) in [5, 5.41) is 5.89. The molecule has 0 bridgehead atoms. The van der Waals surface area contributed by atoms with Gasteiger partial charge in [0.1, 0.15) is 12.1 Å². The number of halogens is 3. The highest BCUT2D eigenvalue weighted by atomic mass is 32.2. The molecule has 8 nitrogen and oxygen atoms in total. The van der Waals surface area contributed by atoms with Crippen molar-refractivity contribution in [1.29, 1.82) is 0 Å². The van der Waals surface area contributed by atoms with E-state index in [1.165, 1.54) is 19.2 Å². The molecule has 284 valence electrons. The Labute approximate surface area is 322 Å². The van der Waals surface area contributed by atoms with Crippen LogP contribution in [0.15, 0.2) is 133 Å². The number of thioether (sulfide) groups is 1. The fourth-order valence-corrected chi connectivity index (χ4v) is 7.56. The number of methoxy groups -OCH3 is 1. The smallest absolute Gasteiger partial charge is 0.416 e. The van der Waals surface area contributed by atoms with Crippen LogP contribution in [0.4, 0.5) is 24.5 Å². The molecule has 0 aliphatic carbocycles. The minimum absolute atomic E-state index is 0.268. The van der Waals surface area contributed by atoms with E-state index in [9.17, 15) is 27.6 Å². The van der Waals surface area contributed by atoms with E-state index < -0.39 is 29.8 Å². The van der Waals surface area contributed by atoms with Gasteiger partial charge in [-0.3, -0.25) is 14.5 Å². The van der Waals surface area contributed by atoms with Crippen LogP contribution in [0.25, 0.3) is 11.1 Å². The van der Waals surface area contributed by atoms with Gasteiger partial charge in [0.15, 0.2) is 0 Å². The molecule has 2 N–H and O–H groups in total. The van der Waals surface area contributed by atoms with E-state index in [1.54, 1.807) is 36.0 Å². The first kappa shape index (κ1) is 39.1. The van der Waals surface area contributed by atoms with Crippen LogP contribution in [0.5, 0.6) is 0 Å². The number of amides is 2. The molecular formula is C43H41F3N4O4S. The predicted molar refractivity (Wildman–Crippen MR) is 211 cm³/mol. The predicted octanol–water partition coefficient (Wildman–Crippen LogP) is 8.08. The first-order valence-corrected chi connectivity index (χ1v) is 19.0. The Hall–Kier alpha value is -5.59. The van der Waals surface area contributed by atoms with Gasteiger partial charge in [0.05, 0.1) is 12.7 Å². The topological polar surface area (TPSA) is 91.0 Å². The lowest BCUT2D eigenvalue weighted by Gasteiger charge is -2.40. The number of piperazine rings is 1. The van der Waals surface area contributed by atoms with Gasteiger partial charge in [-0.2, -0.15) is 24.9 Å². The molecule has 2 unspecified atom stereocenters. The van der Waals surface area contributed by atoms with Crippen molar-refractivity contribution in [1.82, 2.24) is 10.2 Å². The zero-order chi connectivity index (χ0) is 38.8. The summed E-state index contributed by atoms with van der Waals surface area (Å²) < 4.78 is 44.4. The molecule has 2 amide bonds. The van der Waals surface area contributed by atoms with E-state index >= 15 is 0 Å². The SMILES string of the molecule is COC(=O)C(CSCc1ccccc1)NC(=O)C(c1ccccc1)N1CCN(c2ccc(NC(=O)c3ccccc3-c3ccc(C(F)(F)F)cc3)cc2)CC1. The van der Waals surface area contributed by atoms with Gasteiger partial charge in [0, 0.05) is 54.6 Å². The third-order valence-corrected chi connectivity index (χ3v) is 10.5. The maximum atomic E-state index is 14.0. The number of ether oxygens (including phenoxy) is 1. The minimum atomic E-state index is -4.45. The molecular weight excluding hydrogens is 726 g/mol. The van der Waals surface area contributed by atoms with Crippen molar-refractivity contribution in [2.45, 2.75) is 24.0 Å². The molecule has 1 aliphatic rings. The molecule has 1 heterocycles. The molecule has 0 aromatic heterocycles. The van der Waals surface area contributed by atoms with Crippen molar-refractivity contribution in [2.24, 2.45) is 0 Å². The van der Waals surface area contributed by atoms with Crippen LogP contribution in [0.2, 0.25) is 0 Å². The second-order valence-electron chi connectivity index (χ2n) is 13.0. The first-order valence-electron chi connectivity index (χ1n) is 17.8. The molecule has 6 rings (SSSR count). The molecule has 1 fully saturated rings. The number of anilines is 2. The van der Waals surface area contributed by atoms with Crippen LogP contribution < -0.4 is 15.5 Å². The van der Waals surface area contributed by atoms with Gasteiger partial charge in [0.25, 0.3) is 5.91 Å². The molecule has 55 heavy (non-hydrogen) atoms. The molecule has 1 saturated heterocycles. The van der Waals surface area contributed by atoms with Gasteiger partial charge in [-0.25, -0.2) is 4.79 Å². The maximum Gasteiger partial charge on any atom is 0.416 e. The Kier molecular flexibility index (Phi) is 12.9. The highest BCUT2D eigenvalue weighted by molar-refractivity contribution is 7.98. The second kappa shape index (κ2) is 18.2. The lowest BCUT2D eigenvalue weighted by Crippen LogP contribution is -2.53. The summed E-state index contributed by atoms with van der Waals surface area (Å²) in [6.07, 6.45) is -4.45. The number of carbonyl (C=O) groups is 3. The van der Waals surface area contributed by atoms with Crippen LogP contribution in [-0.2, 0) is 26.3 Å². The lowest BCUT2D eigenvalue weighted by molar-refractivity contribution is -0.145. The molecule has 5 aromatic rings. The van der Waals surface area contributed by atoms with Crippen molar-refractivity contribution in [2.75, 3.05) is 49.3 Å². The molecule has 12 heteroatoms. The molecule has 0 radical (unpaired) electrons. The van der Waals surface area contributed by atoms with E-state index in [2.05, 4.69) is 20.4 Å². The number of nitrogens with one attached hydrogen (secondary N) is 2. The Morgan fingerprint density at radius 2 is 1.38 bits per heavy atom. The highest BCUT2D eigenvalue weighted by Crippen LogP contribution is 2.32. The fourth-order valence-electron chi connectivity index (χ4n) is 6.56. The standard InChI is InChI=1S/C43H41F3N4O4S/c1-54-42(53)38(29-55-28-30-10-4-2-5-11-30)48-41(52)39(32-12-6-3-7-13-32)50-26-24-49(25-27-50)35-22-20-34(21-23-35)47-40(51)37-15-9-8-14-36(37)31-16-18-33(19-17-31)43(44,45)46/h2-23,38-39H,24-29H2,1H3,(H,47,51)(H,48,52). The molecule has 2 atom stereocenters. The van der Waals surface area contributed by atoms with Crippen LogP contribution in [-0.4, -0.2) is 67.8 Å².